The molecule has 0 unspecified atom stereocenters. The van der Waals surface area contributed by atoms with Gasteiger partial charge in [0, 0.05) is 17.5 Å². The molecular formula is C16H14ClNO5S. The lowest BCUT2D eigenvalue weighted by Gasteiger charge is -2.20. The maximum absolute atomic E-state index is 12.3. The third-order valence-corrected chi connectivity index (χ3v) is 4.81. The average Bonchev–Trinajstić information content (AvgIpc) is 2.54. The molecule has 2 aromatic carbocycles. The Hall–Kier alpha value is -2.25. The Kier molecular flexibility index (Phi) is 4.38. The highest BCUT2D eigenvalue weighted by Crippen LogP contribution is 2.38. The van der Waals surface area contributed by atoms with Gasteiger partial charge in [-0.3, -0.25) is 4.79 Å². The van der Waals surface area contributed by atoms with Gasteiger partial charge in [-0.15, -0.1) is 0 Å². The summed E-state index contributed by atoms with van der Waals surface area (Å²) in [6, 6.07) is 8.96. The fourth-order valence-electron chi connectivity index (χ4n) is 2.23. The number of hydrogen-bond acceptors (Lipinski definition) is 5. The van der Waals surface area contributed by atoms with Gasteiger partial charge >= 0.3 is 0 Å². The smallest absolute Gasteiger partial charge is 0.255 e. The zero-order valence-electron chi connectivity index (χ0n) is 12.7. The number of nitrogens with one attached hydrogen (secondary N) is 1. The summed E-state index contributed by atoms with van der Waals surface area (Å²) in [6.07, 6.45) is 1.12. The van der Waals surface area contributed by atoms with Crippen molar-refractivity contribution in [1.82, 2.24) is 0 Å². The number of amides is 1. The molecule has 1 aliphatic heterocycles. The van der Waals surface area contributed by atoms with Crippen LogP contribution in [-0.4, -0.2) is 33.8 Å². The SMILES string of the molecule is CS(=O)(=O)c1ccc(NC(=O)c2cc(Cl)c3c(c2)OCCO3)cc1. The Balaban J connectivity index is 1.81. The lowest BCUT2D eigenvalue weighted by atomic mass is 10.1. The maximum atomic E-state index is 12.3. The van der Waals surface area contributed by atoms with E-state index >= 15 is 0 Å². The van der Waals surface area contributed by atoms with Crippen LogP contribution in [0.25, 0.3) is 0 Å². The summed E-state index contributed by atoms with van der Waals surface area (Å²) in [7, 11) is -3.28. The van der Waals surface area contributed by atoms with E-state index in [1.54, 1.807) is 6.07 Å². The highest BCUT2D eigenvalue weighted by Gasteiger charge is 2.19. The molecule has 0 spiro atoms. The second-order valence-electron chi connectivity index (χ2n) is 5.23. The summed E-state index contributed by atoms with van der Waals surface area (Å²) in [5.74, 6) is 0.462. The molecule has 8 heteroatoms. The maximum Gasteiger partial charge on any atom is 0.255 e. The third kappa shape index (κ3) is 3.47. The van der Waals surface area contributed by atoms with Crippen LogP contribution in [0.4, 0.5) is 5.69 Å². The minimum atomic E-state index is -3.28. The van der Waals surface area contributed by atoms with Crippen molar-refractivity contribution in [2.24, 2.45) is 0 Å². The van der Waals surface area contributed by atoms with Crippen molar-refractivity contribution in [3.05, 3.63) is 47.0 Å². The molecule has 1 aliphatic rings. The molecule has 3 rings (SSSR count). The summed E-state index contributed by atoms with van der Waals surface area (Å²) in [5.41, 5.74) is 0.787. The van der Waals surface area contributed by atoms with Crippen LogP contribution < -0.4 is 14.8 Å². The van der Waals surface area contributed by atoms with Crippen molar-refractivity contribution in [3.8, 4) is 11.5 Å². The molecular weight excluding hydrogens is 354 g/mol. The number of ether oxygens (including phenoxy) is 2. The fourth-order valence-corrected chi connectivity index (χ4v) is 3.13. The average molecular weight is 368 g/mol. The number of anilines is 1. The van der Waals surface area contributed by atoms with Crippen LogP contribution in [0.5, 0.6) is 11.5 Å². The first-order valence-corrected chi connectivity index (χ1v) is 9.32. The number of fused-ring (bicyclic) bond motifs is 1. The van der Waals surface area contributed by atoms with Gasteiger partial charge in [0.05, 0.1) is 9.92 Å². The first-order chi connectivity index (χ1) is 11.3. The molecule has 1 amide bonds. The van der Waals surface area contributed by atoms with Crippen LogP contribution in [0.3, 0.4) is 0 Å². The summed E-state index contributed by atoms with van der Waals surface area (Å²) >= 11 is 6.11. The number of benzene rings is 2. The van der Waals surface area contributed by atoms with Crippen molar-refractivity contribution in [1.29, 1.82) is 0 Å². The minimum absolute atomic E-state index is 0.183. The first kappa shape index (κ1) is 16.6. The molecule has 0 bridgehead atoms. The van der Waals surface area contributed by atoms with Crippen molar-refractivity contribution in [2.75, 3.05) is 24.8 Å². The van der Waals surface area contributed by atoms with Crippen LogP contribution in [0.2, 0.25) is 5.02 Å². The third-order valence-electron chi connectivity index (χ3n) is 3.40. The van der Waals surface area contributed by atoms with E-state index < -0.39 is 9.84 Å². The second kappa shape index (κ2) is 6.33. The van der Waals surface area contributed by atoms with E-state index in [1.165, 1.54) is 30.3 Å². The minimum Gasteiger partial charge on any atom is -0.486 e. The van der Waals surface area contributed by atoms with Gasteiger partial charge in [0.15, 0.2) is 21.3 Å². The molecule has 0 atom stereocenters. The van der Waals surface area contributed by atoms with Gasteiger partial charge in [-0.1, -0.05) is 11.6 Å². The summed E-state index contributed by atoms with van der Waals surface area (Å²) in [4.78, 5) is 12.5. The Morgan fingerprint density at radius 3 is 2.46 bits per heavy atom. The second-order valence-corrected chi connectivity index (χ2v) is 7.66. The van der Waals surface area contributed by atoms with Crippen molar-refractivity contribution < 1.29 is 22.7 Å². The number of rotatable bonds is 3. The van der Waals surface area contributed by atoms with Crippen LogP contribution in [-0.2, 0) is 9.84 Å². The molecule has 24 heavy (non-hydrogen) atoms. The first-order valence-electron chi connectivity index (χ1n) is 7.05. The zero-order valence-corrected chi connectivity index (χ0v) is 14.3. The number of carbonyl (C=O) groups excluding carboxylic acids is 1. The summed E-state index contributed by atoms with van der Waals surface area (Å²) < 4.78 is 33.7. The van der Waals surface area contributed by atoms with E-state index in [0.717, 1.165) is 6.26 Å². The van der Waals surface area contributed by atoms with Gasteiger partial charge in [0.25, 0.3) is 5.91 Å². The van der Waals surface area contributed by atoms with E-state index in [9.17, 15) is 13.2 Å². The molecule has 1 heterocycles. The lowest BCUT2D eigenvalue weighted by Crippen LogP contribution is -2.17. The topological polar surface area (TPSA) is 81.7 Å². The van der Waals surface area contributed by atoms with E-state index in [0.29, 0.717) is 41.0 Å². The number of halogens is 1. The van der Waals surface area contributed by atoms with Crippen molar-refractivity contribution >= 4 is 33.0 Å². The molecule has 1 N–H and O–H groups in total. The van der Waals surface area contributed by atoms with Gasteiger partial charge in [-0.25, -0.2) is 8.42 Å². The highest BCUT2D eigenvalue weighted by atomic mass is 35.5. The van der Waals surface area contributed by atoms with Crippen LogP contribution in [0.1, 0.15) is 10.4 Å². The van der Waals surface area contributed by atoms with Gasteiger partial charge in [0.2, 0.25) is 0 Å². The van der Waals surface area contributed by atoms with Gasteiger partial charge in [-0.05, 0) is 36.4 Å². The zero-order chi connectivity index (χ0) is 17.3. The lowest BCUT2D eigenvalue weighted by molar-refractivity contribution is 0.102. The van der Waals surface area contributed by atoms with Crippen LogP contribution in [0, 0.1) is 0 Å². The molecule has 0 saturated carbocycles. The predicted octanol–water partition coefficient (Wildman–Crippen LogP) is 2.77. The normalized spacial score (nSPS) is 13.4. The Labute approximate surface area is 144 Å². The Morgan fingerprint density at radius 1 is 1.12 bits per heavy atom. The van der Waals surface area contributed by atoms with Gasteiger partial charge in [-0.2, -0.15) is 0 Å². The number of sulfone groups is 1. The van der Waals surface area contributed by atoms with Crippen molar-refractivity contribution in [2.45, 2.75) is 4.90 Å². The predicted molar refractivity (Wildman–Crippen MR) is 89.9 cm³/mol. The van der Waals surface area contributed by atoms with E-state index in [4.69, 9.17) is 21.1 Å². The summed E-state index contributed by atoms with van der Waals surface area (Å²) in [5, 5.41) is 2.98. The molecule has 126 valence electrons. The number of hydrogen-bond donors (Lipinski definition) is 1. The molecule has 0 saturated heterocycles. The fraction of sp³-hybridized carbons (Fsp3) is 0.188. The van der Waals surface area contributed by atoms with Crippen LogP contribution >= 0.6 is 11.6 Å². The molecule has 2 aromatic rings. The molecule has 0 aromatic heterocycles. The summed E-state index contributed by atoms with van der Waals surface area (Å²) in [6.45, 7) is 0.798. The Morgan fingerprint density at radius 2 is 1.79 bits per heavy atom. The van der Waals surface area contributed by atoms with E-state index in [2.05, 4.69) is 5.32 Å². The van der Waals surface area contributed by atoms with Gasteiger partial charge in [0.1, 0.15) is 13.2 Å². The van der Waals surface area contributed by atoms with E-state index in [1.807, 2.05) is 0 Å². The molecule has 0 radical (unpaired) electrons. The van der Waals surface area contributed by atoms with Gasteiger partial charge < -0.3 is 14.8 Å². The standard InChI is InChI=1S/C16H14ClNO5S/c1-24(20,21)12-4-2-11(3-5-12)18-16(19)10-8-13(17)15-14(9-10)22-6-7-23-15/h2-5,8-9H,6-7H2,1H3,(H,18,19). The highest BCUT2D eigenvalue weighted by molar-refractivity contribution is 7.90. The van der Waals surface area contributed by atoms with E-state index in [-0.39, 0.29) is 10.8 Å². The molecule has 0 fully saturated rings. The number of carbonyl (C=O) groups is 1. The molecule has 6 nitrogen and oxygen atoms in total. The monoisotopic (exact) mass is 367 g/mol. The quantitative estimate of drug-likeness (QED) is 0.902. The molecule has 0 aliphatic carbocycles. The van der Waals surface area contributed by atoms with Crippen molar-refractivity contribution in [3.63, 3.8) is 0 Å². The largest absolute Gasteiger partial charge is 0.486 e. The Bertz CT molecular complexity index is 893. The van der Waals surface area contributed by atoms with Crippen LogP contribution in [0.15, 0.2) is 41.3 Å².